The van der Waals surface area contributed by atoms with E-state index in [1.54, 1.807) is 13.2 Å². The number of nitrogens with one attached hydrogen (secondary N) is 1. The molecule has 3 aromatic rings. The summed E-state index contributed by atoms with van der Waals surface area (Å²) >= 11 is 0. The number of tetrazole rings is 1. The summed E-state index contributed by atoms with van der Waals surface area (Å²) in [4.78, 5) is 12.7. The first-order valence-electron chi connectivity index (χ1n) is 8.48. The summed E-state index contributed by atoms with van der Waals surface area (Å²) < 4.78 is 12.2. The van der Waals surface area contributed by atoms with Gasteiger partial charge in [-0.3, -0.25) is 4.79 Å². The molecule has 1 aromatic heterocycles. The van der Waals surface area contributed by atoms with Crippen molar-refractivity contribution < 1.29 is 14.3 Å². The van der Waals surface area contributed by atoms with Gasteiger partial charge in [0.25, 0.3) is 5.91 Å². The van der Waals surface area contributed by atoms with E-state index in [-0.39, 0.29) is 5.91 Å². The van der Waals surface area contributed by atoms with Gasteiger partial charge in [-0.15, -0.1) is 5.10 Å². The Morgan fingerprint density at radius 1 is 1.11 bits per heavy atom. The first-order chi connectivity index (χ1) is 13.1. The van der Waals surface area contributed by atoms with Crippen LogP contribution in [0.25, 0.3) is 5.69 Å². The molecule has 0 aliphatic rings. The van der Waals surface area contributed by atoms with Gasteiger partial charge in [0, 0.05) is 0 Å². The molecule has 0 bridgehead atoms. The van der Waals surface area contributed by atoms with Crippen LogP contribution in [-0.2, 0) is 0 Å². The third kappa shape index (κ3) is 4.22. The number of carbonyl (C=O) groups is 1. The van der Waals surface area contributed by atoms with Gasteiger partial charge in [-0.2, -0.15) is 4.68 Å². The second kappa shape index (κ2) is 8.31. The van der Waals surface area contributed by atoms with E-state index >= 15 is 0 Å². The smallest absolute Gasteiger partial charge is 0.253 e. The molecule has 2 aromatic carbocycles. The monoisotopic (exact) mass is 367 g/mol. The van der Waals surface area contributed by atoms with Gasteiger partial charge in [-0.25, -0.2) is 0 Å². The summed E-state index contributed by atoms with van der Waals surface area (Å²) in [6, 6.07) is 11.0. The summed E-state index contributed by atoms with van der Waals surface area (Å²) in [5, 5.41) is 14.1. The van der Waals surface area contributed by atoms with E-state index in [9.17, 15) is 4.79 Å². The number of nitrogens with zero attached hydrogens (tertiary/aromatic N) is 4. The normalized spacial score (nSPS) is 10.5. The Balaban J connectivity index is 1.63. The zero-order chi connectivity index (χ0) is 19.2. The fraction of sp³-hybridized carbons (Fsp3) is 0.263. The van der Waals surface area contributed by atoms with E-state index in [1.807, 2.05) is 44.2 Å². The lowest BCUT2D eigenvalue weighted by molar-refractivity contribution is 0.0946. The first-order valence-corrected chi connectivity index (χ1v) is 8.48. The molecule has 27 heavy (non-hydrogen) atoms. The minimum absolute atomic E-state index is 0.207. The second-order valence-electron chi connectivity index (χ2n) is 5.94. The fourth-order valence-electron chi connectivity index (χ4n) is 2.64. The largest absolute Gasteiger partial charge is 0.497 e. The number of hydrogen-bond acceptors (Lipinski definition) is 6. The maximum atomic E-state index is 12.7. The summed E-state index contributed by atoms with van der Waals surface area (Å²) in [6.07, 6.45) is 1.48. The molecule has 3 rings (SSSR count). The van der Waals surface area contributed by atoms with Crippen molar-refractivity contribution in [3.8, 4) is 17.2 Å². The maximum Gasteiger partial charge on any atom is 0.253 e. The number of ether oxygens (including phenoxy) is 2. The lowest BCUT2D eigenvalue weighted by atomic mass is 10.0. The van der Waals surface area contributed by atoms with Crippen LogP contribution in [0, 0.1) is 13.8 Å². The summed E-state index contributed by atoms with van der Waals surface area (Å²) in [7, 11) is 1.61. The third-order valence-corrected chi connectivity index (χ3v) is 4.24. The Morgan fingerprint density at radius 2 is 1.85 bits per heavy atom. The van der Waals surface area contributed by atoms with Gasteiger partial charge >= 0.3 is 0 Å². The molecule has 0 unspecified atom stereocenters. The topological polar surface area (TPSA) is 91.2 Å². The van der Waals surface area contributed by atoms with Gasteiger partial charge in [0.1, 0.15) is 24.4 Å². The predicted molar refractivity (Wildman–Crippen MR) is 99.5 cm³/mol. The van der Waals surface area contributed by atoms with Gasteiger partial charge < -0.3 is 14.8 Å². The molecular formula is C19H21N5O3. The molecule has 0 saturated carbocycles. The van der Waals surface area contributed by atoms with Crippen molar-refractivity contribution in [1.82, 2.24) is 25.5 Å². The minimum atomic E-state index is -0.207. The molecule has 0 aliphatic heterocycles. The van der Waals surface area contributed by atoms with E-state index < -0.39 is 0 Å². The lowest BCUT2D eigenvalue weighted by Crippen LogP contribution is -2.29. The molecule has 0 saturated heterocycles. The van der Waals surface area contributed by atoms with Gasteiger partial charge in [0.2, 0.25) is 0 Å². The fourth-order valence-corrected chi connectivity index (χ4v) is 2.64. The van der Waals surface area contributed by atoms with Gasteiger partial charge in [0.05, 0.1) is 24.9 Å². The van der Waals surface area contributed by atoms with Crippen LogP contribution in [0.2, 0.25) is 0 Å². The predicted octanol–water partition coefficient (Wildman–Crippen LogP) is 2.10. The SMILES string of the molecule is COc1ccc(OCCNC(=O)c2ccc(C)c(C)c2-n2cnnn2)cc1. The molecule has 0 spiro atoms. The van der Waals surface area contributed by atoms with Crippen LogP contribution >= 0.6 is 0 Å². The average Bonchev–Trinajstić information content (AvgIpc) is 3.21. The maximum absolute atomic E-state index is 12.7. The van der Waals surface area contributed by atoms with Crippen molar-refractivity contribution in [2.24, 2.45) is 0 Å². The average molecular weight is 367 g/mol. The molecule has 0 atom stereocenters. The number of rotatable bonds is 7. The van der Waals surface area contributed by atoms with E-state index in [0.29, 0.717) is 30.2 Å². The number of amides is 1. The molecule has 8 nitrogen and oxygen atoms in total. The highest BCUT2D eigenvalue weighted by Gasteiger charge is 2.17. The second-order valence-corrected chi connectivity index (χ2v) is 5.94. The standard InChI is InChI=1S/C19H21N5O3/c1-13-4-9-17(18(14(13)2)24-12-21-22-23-24)19(25)20-10-11-27-16-7-5-15(26-3)6-8-16/h4-9,12H,10-11H2,1-3H3,(H,20,25). The van der Waals surface area contributed by atoms with Crippen molar-refractivity contribution in [1.29, 1.82) is 0 Å². The number of aryl methyl sites for hydroxylation is 1. The number of benzene rings is 2. The molecule has 1 N–H and O–H groups in total. The van der Waals surface area contributed by atoms with Crippen molar-refractivity contribution in [2.45, 2.75) is 13.8 Å². The molecule has 140 valence electrons. The van der Waals surface area contributed by atoms with Crippen LogP contribution in [0.1, 0.15) is 21.5 Å². The van der Waals surface area contributed by atoms with Crippen LogP contribution in [0.15, 0.2) is 42.7 Å². The van der Waals surface area contributed by atoms with Gasteiger partial charge in [0.15, 0.2) is 0 Å². The number of methoxy groups -OCH3 is 1. The summed E-state index contributed by atoms with van der Waals surface area (Å²) in [6.45, 7) is 4.64. The minimum Gasteiger partial charge on any atom is -0.497 e. The molecule has 0 aliphatic carbocycles. The summed E-state index contributed by atoms with van der Waals surface area (Å²) in [5.74, 6) is 1.27. The van der Waals surface area contributed by atoms with E-state index in [0.717, 1.165) is 16.9 Å². The van der Waals surface area contributed by atoms with Crippen LogP contribution in [0.5, 0.6) is 11.5 Å². The Labute approximate surface area is 157 Å². The van der Waals surface area contributed by atoms with Gasteiger partial charge in [-0.05, 0) is 65.7 Å². The Bertz CT molecular complexity index is 908. The van der Waals surface area contributed by atoms with Crippen molar-refractivity contribution in [3.63, 3.8) is 0 Å². The zero-order valence-corrected chi connectivity index (χ0v) is 15.5. The van der Waals surface area contributed by atoms with Crippen LogP contribution in [0.4, 0.5) is 0 Å². The molecule has 8 heteroatoms. The van der Waals surface area contributed by atoms with Crippen molar-refractivity contribution in [3.05, 3.63) is 59.4 Å². The Hall–Kier alpha value is -3.42. The van der Waals surface area contributed by atoms with Crippen LogP contribution < -0.4 is 14.8 Å². The summed E-state index contributed by atoms with van der Waals surface area (Å²) in [5.41, 5.74) is 3.19. The zero-order valence-electron chi connectivity index (χ0n) is 15.5. The highest BCUT2D eigenvalue weighted by atomic mass is 16.5. The van der Waals surface area contributed by atoms with E-state index in [4.69, 9.17) is 9.47 Å². The van der Waals surface area contributed by atoms with Gasteiger partial charge in [-0.1, -0.05) is 6.07 Å². The van der Waals surface area contributed by atoms with Crippen molar-refractivity contribution in [2.75, 3.05) is 20.3 Å². The molecule has 0 fully saturated rings. The molecule has 1 heterocycles. The lowest BCUT2D eigenvalue weighted by Gasteiger charge is -2.14. The molecule has 1 amide bonds. The van der Waals surface area contributed by atoms with E-state index in [2.05, 4.69) is 20.8 Å². The van der Waals surface area contributed by atoms with E-state index in [1.165, 1.54) is 11.0 Å². The Kier molecular flexibility index (Phi) is 5.65. The van der Waals surface area contributed by atoms with Crippen molar-refractivity contribution >= 4 is 5.91 Å². The first kappa shape index (κ1) is 18.4. The third-order valence-electron chi connectivity index (χ3n) is 4.24. The molecule has 0 radical (unpaired) electrons. The number of carbonyl (C=O) groups excluding carboxylic acids is 1. The Morgan fingerprint density at radius 3 is 2.52 bits per heavy atom. The van der Waals surface area contributed by atoms with Crippen LogP contribution in [-0.4, -0.2) is 46.4 Å². The molecular weight excluding hydrogens is 346 g/mol. The number of hydrogen-bond donors (Lipinski definition) is 1. The van der Waals surface area contributed by atoms with Crippen LogP contribution in [0.3, 0.4) is 0 Å². The quantitative estimate of drug-likeness (QED) is 0.643. The number of aromatic nitrogens is 4. The highest BCUT2D eigenvalue weighted by Crippen LogP contribution is 2.21. The highest BCUT2D eigenvalue weighted by molar-refractivity contribution is 5.98.